The number of para-hydroxylation sites is 2. The van der Waals surface area contributed by atoms with Crippen LogP contribution >= 0.6 is 0 Å². The summed E-state index contributed by atoms with van der Waals surface area (Å²) in [6.45, 7) is 0. The summed E-state index contributed by atoms with van der Waals surface area (Å²) < 4.78 is 2.38. The van der Waals surface area contributed by atoms with Gasteiger partial charge in [0.05, 0.1) is 11.0 Å². The van der Waals surface area contributed by atoms with Crippen LogP contribution < -0.4 is 4.90 Å². The van der Waals surface area contributed by atoms with Crippen LogP contribution in [0.2, 0.25) is 0 Å². The monoisotopic (exact) mass is 562 g/mol. The van der Waals surface area contributed by atoms with Gasteiger partial charge >= 0.3 is 0 Å². The second-order valence-corrected chi connectivity index (χ2v) is 11.1. The summed E-state index contributed by atoms with van der Waals surface area (Å²) in [4.78, 5) is 2.34. The molecule has 2 heteroatoms. The third-order valence-corrected chi connectivity index (χ3v) is 8.39. The van der Waals surface area contributed by atoms with E-state index in [4.69, 9.17) is 0 Å². The van der Waals surface area contributed by atoms with Crippen molar-refractivity contribution >= 4 is 38.9 Å². The van der Waals surface area contributed by atoms with E-state index in [2.05, 4.69) is 191 Å². The summed E-state index contributed by atoms with van der Waals surface area (Å²) in [7, 11) is 0. The van der Waals surface area contributed by atoms with Gasteiger partial charge < -0.3 is 9.47 Å². The lowest BCUT2D eigenvalue weighted by Crippen LogP contribution is -2.09. The Morgan fingerprint density at radius 2 is 0.773 bits per heavy atom. The summed E-state index contributed by atoms with van der Waals surface area (Å²) >= 11 is 0. The fourth-order valence-electron chi connectivity index (χ4n) is 6.27. The zero-order valence-corrected chi connectivity index (χ0v) is 24.2. The number of hydrogen-bond donors (Lipinski definition) is 0. The number of anilines is 3. The first-order chi connectivity index (χ1) is 21.8. The Bertz CT molecular complexity index is 2180. The van der Waals surface area contributed by atoms with Crippen LogP contribution in [-0.4, -0.2) is 4.57 Å². The molecule has 0 radical (unpaired) electrons. The molecule has 7 aromatic carbocycles. The molecule has 0 amide bonds. The molecule has 0 unspecified atom stereocenters. The van der Waals surface area contributed by atoms with Gasteiger partial charge in [-0.05, 0) is 82.9 Å². The van der Waals surface area contributed by atoms with Crippen LogP contribution in [0.4, 0.5) is 17.1 Å². The first-order valence-corrected chi connectivity index (χ1v) is 15.0. The predicted molar refractivity (Wildman–Crippen MR) is 186 cm³/mol. The van der Waals surface area contributed by atoms with Crippen molar-refractivity contribution in [1.82, 2.24) is 4.57 Å². The molecule has 0 atom stereocenters. The number of rotatable bonds is 6. The van der Waals surface area contributed by atoms with Crippen molar-refractivity contribution < 1.29 is 0 Å². The van der Waals surface area contributed by atoms with E-state index >= 15 is 0 Å². The molecule has 0 aliphatic carbocycles. The summed E-state index contributed by atoms with van der Waals surface area (Å²) in [5.41, 5.74) is 11.8. The Morgan fingerprint density at radius 3 is 1.41 bits per heavy atom. The van der Waals surface area contributed by atoms with Gasteiger partial charge in [0.2, 0.25) is 0 Å². The van der Waals surface area contributed by atoms with Crippen molar-refractivity contribution in [3.63, 3.8) is 0 Å². The number of benzene rings is 7. The maximum absolute atomic E-state index is 2.38. The van der Waals surface area contributed by atoms with Crippen LogP contribution in [0.25, 0.3) is 49.7 Å². The summed E-state index contributed by atoms with van der Waals surface area (Å²) in [6, 6.07) is 65.0. The van der Waals surface area contributed by atoms with Crippen LogP contribution in [0.3, 0.4) is 0 Å². The number of fused-ring (bicyclic) bond motifs is 3. The highest BCUT2D eigenvalue weighted by Gasteiger charge is 2.17. The van der Waals surface area contributed by atoms with E-state index in [0.29, 0.717) is 0 Å². The zero-order valence-electron chi connectivity index (χ0n) is 24.2. The van der Waals surface area contributed by atoms with Crippen molar-refractivity contribution in [2.75, 3.05) is 4.90 Å². The number of aromatic nitrogens is 1. The minimum Gasteiger partial charge on any atom is -0.310 e. The SMILES string of the molecule is c1ccc(-c2ccc(N(c3ccccc3)c3ccc4c(c3)c3ccccc3n4-c3ccc(-c4ccccc4)cc3)cc2)cc1. The van der Waals surface area contributed by atoms with Gasteiger partial charge in [-0.1, -0.05) is 121 Å². The molecule has 0 aliphatic rings. The lowest BCUT2D eigenvalue weighted by atomic mass is 10.0. The molecular formula is C42H30N2. The highest BCUT2D eigenvalue weighted by molar-refractivity contribution is 6.10. The van der Waals surface area contributed by atoms with Crippen LogP contribution in [0, 0.1) is 0 Å². The predicted octanol–water partition coefficient (Wildman–Crippen LogP) is 11.6. The summed E-state index contributed by atoms with van der Waals surface area (Å²) in [6.07, 6.45) is 0. The Hall–Kier alpha value is -5.86. The third kappa shape index (κ3) is 4.63. The molecule has 8 rings (SSSR count). The van der Waals surface area contributed by atoms with Crippen molar-refractivity contribution in [2.45, 2.75) is 0 Å². The molecule has 8 aromatic rings. The van der Waals surface area contributed by atoms with Gasteiger partial charge in [0.15, 0.2) is 0 Å². The smallest absolute Gasteiger partial charge is 0.0542 e. The lowest BCUT2D eigenvalue weighted by Gasteiger charge is -2.26. The molecular weight excluding hydrogens is 532 g/mol. The average Bonchev–Trinajstić information content (AvgIpc) is 3.44. The highest BCUT2D eigenvalue weighted by atomic mass is 15.1. The Kier molecular flexibility index (Phi) is 6.51. The van der Waals surface area contributed by atoms with Crippen molar-refractivity contribution in [3.8, 4) is 27.9 Å². The maximum Gasteiger partial charge on any atom is 0.0542 e. The van der Waals surface area contributed by atoms with E-state index in [1.54, 1.807) is 0 Å². The van der Waals surface area contributed by atoms with E-state index in [9.17, 15) is 0 Å². The van der Waals surface area contributed by atoms with Gasteiger partial charge in [-0.2, -0.15) is 0 Å². The molecule has 0 bridgehead atoms. The molecule has 1 heterocycles. The minimum absolute atomic E-state index is 1.12. The minimum atomic E-state index is 1.12. The van der Waals surface area contributed by atoms with Gasteiger partial charge in [0.1, 0.15) is 0 Å². The maximum atomic E-state index is 2.38. The fourth-order valence-corrected chi connectivity index (χ4v) is 6.27. The van der Waals surface area contributed by atoms with Crippen molar-refractivity contribution in [3.05, 3.63) is 182 Å². The van der Waals surface area contributed by atoms with Gasteiger partial charge in [0.25, 0.3) is 0 Å². The standard InChI is InChI=1S/C42H30N2/c1-4-12-31(13-5-1)33-20-24-36(25-21-33)43(35-16-8-3-9-17-35)38-28-29-42-40(30-38)39-18-10-11-19-41(39)44(42)37-26-22-34(23-27-37)32-14-6-2-7-15-32/h1-30H. The van der Waals surface area contributed by atoms with Crippen LogP contribution in [0.1, 0.15) is 0 Å². The van der Waals surface area contributed by atoms with Crippen molar-refractivity contribution in [1.29, 1.82) is 0 Å². The summed E-state index contributed by atoms with van der Waals surface area (Å²) in [5.74, 6) is 0. The Morgan fingerprint density at radius 1 is 0.318 bits per heavy atom. The van der Waals surface area contributed by atoms with Crippen LogP contribution in [0.5, 0.6) is 0 Å². The summed E-state index contributed by atoms with van der Waals surface area (Å²) in [5, 5.41) is 2.47. The van der Waals surface area contributed by atoms with Crippen molar-refractivity contribution in [2.24, 2.45) is 0 Å². The Labute approximate surface area is 257 Å². The lowest BCUT2D eigenvalue weighted by molar-refractivity contribution is 1.18. The fraction of sp³-hybridized carbons (Fsp3) is 0. The molecule has 44 heavy (non-hydrogen) atoms. The van der Waals surface area contributed by atoms with E-state index in [0.717, 1.165) is 22.7 Å². The molecule has 0 N–H and O–H groups in total. The van der Waals surface area contributed by atoms with Crippen LogP contribution in [-0.2, 0) is 0 Å². The topological polar surface area (TPSA) is 8.17 Å². The molecule has 0 saturated carbocycles. The van der Waals surface area contributed by atoms with Gasteiger partial charge in [-0.3, -0.25) is 0 Å². The molecule has 0 aliphatic heterocycles. The second kappa shape index (κ2) is 11.1. The van der Waals surface area contributed by atoms with Gasteiger partial charge in [-0.15, -0.1) is 0 Å². The molecule has 208 valence electrons. The van der Waals surface area contributed by atoms with E-state index in [1.807, 2.05) is 0 Å². The molecule has 0 spiro atoms. The van der Waals surface area contributed by atoms with Crippen LogP contribution in [0.15, 0.2) is 182 Å². The quantitative estimate of drug-likeness (QED) is 0.196. The molecule has 0 fully saturated rings. The molecule has 0 saturated heterocycles. The number of hydrogen-bond acceptors (Lipinski definition) is 1. The third-order valence-electron chi connectivity index (χ3n) is 8.39. The second-order valence-electron chi connectivity index (χ2n) is 11.1. The van der Waals surface area contributed by atoms with E-state index < -0.39 is 0 Å². The van der Waals surface area contributed by atoms with Gasteiger partial charge in [0, 0.05) is 33.5 Å². The molecule has 1 aromatic heterocycles. The first kappa shape index (κ1) is 25.8. The Balaban J connectivity index is 1.25. The highest BCUT2D eigenvalue weighted by Crippen LogP contribution is 2.40. The zero-order chi connectivity index (χ0) is 29.3. The van der Waals surface area contributed by atoms with E-state index in [-0.39, 0.29) is 0 Å². The van der Waals surface area contributed by atoms with E-state index in [1.165, 1.54) is 44.1 Å². The largest absolute Gasteiger partial charge is 0.310 e. The molecule has 2 nitrogen and oxygen atoms in total. The average molecular weight is 563 g/mol. The van der Waals surface area contributed by atoms with Gasteiger partial charge in [-0.25, -0.2) is 0 Å². The normalized spacial score (nSPS) is 11.2. The first-order valence-electron chi connectivity index (χ1n) is 15.0. The number of nitrogens with zero attached hydrogens (tertiary/aromatic N) is 2.